The molecule has 1 amide bonds. The molecule has 200 valence electrons. The zero-order chi connectivity index (χ0) is 27.7. The number of amides is 1. The van der Waals surface area contributed by atoms with Crippen LogP contribution < -0.4 is 4.74 Å². The average Bonchev–Trinajstić information content (AvgIpc) is 2.94. The second-order valence-electron chi connectivity index (χ2n) is 10.1. The van der Waals surface area contributed by atoms with Crippen molar-refractivity contribution in [2.45, 2.75) is 49.1 Å². The third-order valence-electron chi connectivity index (χ3n) is 6.12. The van der Waals surface area contributed by atoms with Crippen LogP contribution in [-0.2, 0) is 17.8 Å². The van der Waals surface area contributed by atoms with Gasteiger partial charge in [-0.15, -0.1) is 0 Å². The molecule has 0 fully saturated rings. The topological polar surface area (TPSA) is 55.8 Å². The van der Waals surface area contributed by atoms with Crippen LogP contribution in [0.4, 0.5) is 4.79 Å². The van der Waals surface area contributed by atoms with E-state index >= 15 is 0 Å². The Balaban J connectivity index is 1.31. The molecule has 0 saturated carbocycles. The number of carbonyl (C=O) groups is 2. The molecule has 0 unspecified atom stereocenters. The van der Waals surface area contributed by atoms with Crippen molar-refractivity contribution in [3.8, 4) is 11.5 Å². The molecule has 0 radical (unpaired) electrons. The standard InChI is InChI=1S/C33H33NO4S/c1-33(2,3)34(32(36)37-24-26-9-5-4-6-10-26)22-21-25-13-17-29(18-14-25)39-30-19-15-28(16-20-30)38-31-12-8-7-11-27(31)23-35/h4-20,23H,21-22,24H2,1-3H3. The summed E-state index contributed by atoms with van der Waals surface area (Å²) in [6, 6.07) is 33.1. The van der Waals surface area contributed by atoms with Gasteiger partial charge >= 0.3 is 6.09 Å². The third kappa shape index (κ3) is 8.23. The number of para-hydroxylation sites is 1. The lowest BCUT2D eigenvalue weighted by Gasteiger charge is -2.34. The Kier molecular flexibility index (Phi) is 9.45. The van der Waals surface area contributed by atoms with Gasteiger partial charge in [-0.1, -0.05) is 66.4 Å². The number of nitrogens with zero attached hydrogens (tertiary/aromatic N) is 1. The minimum atomic E-state index is -0.352. The van der Waals surface area contributed by atoms with E-state index in [1.807, 2.05) is 87.5 Å². The van der Waals surface area contributed by atoms with Gasteiger partial charge in [-0.25, -0.2) is 4.79 Å². The zero-order valence-corrected chi connectivity index (χ0v) is 23.3. The maximum absolute atomic E-state index is 12.9. The molecular formula is C33H33NO4S. The van der Waals surface area contributed by atoms with E-state index < -0.39 is 0 Å². The van der Waals surface area contributed by atoms with Gasteiger partial charge in [0, 0.05) is 21.9 Å². The molecule has 5 nitrogen and oxygen atoms in total. The van der Waals surface area contributed by atoms with Crippen LogP contribution >= 0.6 is 11.8 Å². The van der Waals surface area contributed by atoms with Gasteiger partial charge in [0.05, 0.1) is 5.56 Å². The number of hydrogen-bond donors (Lipinski definition) is 0. The first kappa shape index (κ1) is 28.0. The molecule has 4 rings (SSSR count). The van der Waals surface area contributed by atoms with Gasteiger partial charge in [0.25, 0.3) is 0 Å². The lowest BCUT2D eigenvalue weighted by atomic mass is 10.1. The van der Waals surface area contributed by atoms with E-state index in [1.54, 1.807) is 28.8 Å². The minimum Gasteiger partial charge on any atom is -0.457 e. The molecule has 0 saturated heterocycles. The van der Waals surface area contributed by atoms with Gasteiger partial charge in [-0.3, -0.25) is 4.79 Å². The summed E-state index contributed by atoms with van der Waals surface area (Å²) in [4.78, 5) is 28.1. The fourth-order valence-electron chi connectivity index (χ4n) is 3.97. The number of ether oxygens (including phenoxy) is 2. The molecular weight excluding hydrogens is 506 g/mol. The van der Waals surface area contributed by atoms with Crippen LogP contribution in [0.1, 0.15) is 42.3 Å². The van der Waals surface area contributed by atoms with Crippen molar-refractivity contribution < 1.29 is 19.1 Å². The lowest BCUT2D eigenvalue weighted by molar-refractivity contribution is 0.0633. The van der Waals surface area contributed by atoms with Crippen molar-refractivity contribution in [1.29, 1.82) is 0 Å². The van der Waals surface area contributed by atoms with Gasteiger partial charge in [0.15, 0.2) is 6.29 Å². The highest BCUT2D eigenvalue weighted by Gasteiger charge is 2.27. The Labute approximate surface area is 234 Å². The van der Waals surface area contributed by atoms with E-state index in [-0.39, 0.29) is 18.2 Å². The fraction of sp³-hybridized carbons (Fsp3) is 0.212. The SMILES string of the molecule is CC(C)(C)N(CCc1ccc(Sc2ccc(Oc3ccccc3C=O)cc2)cc1)C(=O)OCc1ccccc1. The molecule has 39 heavy (non-hydrogen) atoms. The van der Waals surface area contributed by atoms with Gasteiger partial charge in [0.2, 0.25) is 0 Å². The molecule has 0 N–H and O–H groups in total. The normalized spacial score (nSPS) is 11.1. The Morgan fingerprint density at radius 2 is 1.41 bits per heavy atom. The minimum absolute atomic E-state index is 0.261. The first-order valence-corrected chi connectivity index (χ1v) is 13.7. The molecule has 0 aromatic heterocycles. The monoisotopic (exact) mass is 539 g/mol. The van der Waals surface area contributed by atoms with E-state index in [9.17, 15) is 9.59 Å². The Hall–Kier alpha value is -4.03. The van der Waals surface area contributed by atoms with Crippen LogP contribution in [0.5, 0.6) is 11.5 Å². The van der Waals surface area contributed by atoms with E-state index in [4.69, 9.17) is 9.47 Å². The average molecular weight is 540 g/mol. The van der Waals surface area contributed by atoms with E-state index in [1.165, 1.54) is 0 Å². The summed E-state index contributed by atoms with van der Waals surface area (Å²) in [7, 11) is 0. The number of carbonyl (C=O) groups excluding carboxylic acids is 2. The van der Waals surface area contributed by atoms with E-state index in [0.717, 1.165) is 33.6 Å². The number of aldehydes is 1. The predicted molar refractivity (Wildman–Crippen MR) is 156 cm³/mol. The number of rotatable bonds is 10. The highest BCUT2D eigenvalue weighted by molar-refractivity contribution is 7.99. The Morgan fingerprint density at radius 3 is 2.05 bits per heavy atom. The molecule has 4 aromatic rings. The maximum atomic E-state index is 12.9. The molecule has 0 atom stereocenters. The lowest BCUT2D eigenvalue weighted by Crippen LogP contribution is -2.46. The summed E-state index contributed by atoms with van der Waals surface area (Å²) in [6.45, 7) is 6.89. The second kappa shape index (κ2) is 13.2. The van der Waals surface area contributed by atoms with E-state index in [0.29, 0.717) is 23.6 Å². The number of hydrogen-bond acceptors (Lipinski definition) is 5. The highest BCUT2D eigenvalue weighted by atomic mass is 32.2. The molecule has 0 aliphatic heterocycles. The predicted octanol–water partition coefficient (Wildman–Crippen LogP) is 8.42. The van der Waals surface area contributed by atoms with Crippen molar-refractivity contribution in [2.75, 3.05) is 6.54 Å². The van der Waals surface area contributed by atoms with Crippen LogP contribution in [0.3, 0.4) is 0 Å². The first-order chi connectivity index (χ1) is 18.8. The van der Waals surface area contributed by atoms with Crippen molar-refractivity contribution in [1.82, 2.24) is 4.90 Å². The van der Waals surface area contributed by atoms with Crippen LogP contribution in [0, 0.1) is 0 Å². The fourth-order valence-corrected chi connectivity index (χ4v) is 4.79. The summed E-state index contributed by atoms with van der Waals surface area (Å²) in [5.74, 6) is 1.22. The van der Waals surface area contributed by atoms with Gasteiger partial charge < -0.3 is 14.4 Å². The Morgan fingerprint density at radius 1 is 0.795 bits per heavy atom. The van der Waals surface area contributed by atoms with Crippen molar-refractivity contribution >= 4 is 24.1 Å². The largest absolute Gasteiger partial charge is 0.457 e. The highest BCUT2D eigenvalue weighted by Crippen LogP contribution is 2.31. The molecule has 0 aliphatic carbocycles. The molecule has 0 bridgehead atoms. The number of benzene rings is 4. The van der Waals surface area contributed by atoms with Crippen LogP contribution in [0.2, 0.25) is 0 Å². The molecule has 0 aliphatic rings. The maximum Gasteiger partial charge on any atom is 0.410 e. The van der Waals surface area contributed by atoms with E-state index in [2.05, 4.69) is 24.3 Å². The second-order valence-corrected chi connectivity index (χ2v) is 11.2. The third-order valence-corrected chi connectivity index (χ3v) is 7.13. The summed E-state index contributed by atoms with van der Waals surface area (Å²) >= 11 is 1.66. The molecule has 0 spiro atoms. The van der Waals surface area contributed by atoms with Crippen molar-refractivity contribution in [3.63, 3.8) is 0 Å². The van der Waals surface area contributed by atoms with Crippen LogP contribution in [-0.4, -0.2) is 29.4 Å². The molecule has 4 aromatic carbocycles. The molecule has 0 heterocycles. The van der Waals surface area contributed by atoms with Crippen molar-refractivity contribution in [3.05, 3.63) is 120 Å². The quantitative estimate of drug-likeness (QED) is 0.189. The van der Waals surface area contributed by atoms with Crippen LogP contribution in [0.15, 0.2) is 113 Å². The van der Waals surface area contributed by atoms with Crippen LogP contribution in [0.25, 0.3) is 0 Å². The van der Waals surface area contributed by atoms with Gasteiger partial charge in [-0.05, 0) is 86.8 Å². The van der Waals surface area contributed by atoms with Gasteiger partial charge in [-0.2, -0.15) is 0 Å². The Bertz CT molecular complexity index is 1360. The summed E-state index contributed by atoms with van der Waals surface area (Å²) < 4.78 is 11.5. The zero-order valence-electron chi connectivity index (χ0n) is 22.5. The van der Waals surface area contributed by atoms with Crippen molar-refractivity contribution in [2.24, 2.45) is 0 Å². The first-order valence-electron chi connectivity index (χ1n) is 12.9. The van der Waals surface area contributed by atoms with Gasteiger partial charge in [0.1, 0.15) is 18.1 Å². The summed E-state index contributed by atoms with van der Waals surface area (Å²) in [5, 5.41) is 0. The summed E-state index contributed by atoms with van der Waals surface area (Å²) in [6.07, 6.45) is 1.22. The smallest absolute Gasteiger partial charge is 0.410 e. The molecule has 6 heteroatoms. The summed E-state index contributed by atoms with van der Waals surface area (Å²) in [5.41, 5.74) is 2.29.